The topological polar surface area (TPSA) is 72.6 Å². The van der Waals surface area contributed by atoms with Crippen molar-refractivity contribution in [1.82, 2.24) is 4.31 Å². The van der Waals surface area contributed by atoms with Crippen LogP contribution in [0.4, 0.5) is 10.1 Å². The SMILES string of the molecule is CCOC1CCN(S(=O)(=O)c2cc(N)cc(Cl)c2F)CC1. The number of nitrogens with two attached hydrogens (primary N) is 1. The highest BCUT2D eigenvalue weighted by Crippen LogP contribution is 2.29. The molecule has 1 heterocycles. The predicted octanol–water partition coefficient (Wildman–Crippen LogP) is 2.25. The van der Waals surface area contributed by atoms with Crippen molar-refractivity contribution in [3.63, 3.8) is 0 Å². The number of nitrogen functional groups attached to an aromatic ring is 1. The minimum atomic E-state index is -3.94. The van der Waals surface area contributed by atoms with Crippen LogP contribution in [0.5, 0.6) is 0 Å². The second-order valence-corrected chi connectivity index (χ2v) is 7.19. The molecule has 1 fully saturated rings. The maximum absolute atomic E-state index is 14.0. The van der Waals surface area contributed by atoms with Gasteiger partial charge in [0.05, 0.1) is 11.1 Å². The van der Waals surface area contributed by atoms with E-state index in [1.54, 1.807) is 0 Å². The molecule has 2 rings (SSSR count). The van der Waals surface area contributed by atoms with Gasteiger partial charge in [-0.3, -0.25) is 0 Å². The molecule has 0 radical (unpaired) electrons. The molecule has 8 heteroatoms. The lowest BCUT2D eigenvalue weighted by Crippen LogP contribution is -2.41. The van der Waals surface area contributed by atoms with E-state index in [1.165, 1.54) is 10.4 Å². The van der Waals surface area contributed by atoms with E-state index in [0.717, 1.165) is 6.07 Å². The van der Waals surface area contributed by atoms with E-state index in [4.69, 9.17) is 22.1 Å². The highest BCUT2D eigenvalue weighted by Gasteiger charge is 2.32. The van der Waals surface area contributed by atoms with E-state index in [1.807, 2.05) is 6.92 Å². The third kappa shape index (κ3) is 3.48. The van der Waals surface area contributed by atoms with Gasteiger partial charge in [-0.2, -0.15) is 4.31 Å². The second kappa shape index (κ2) is 6.48. The number of anilines is 1. The molecule has 0 aromatic heterocycles. The van der Waals surface area contributed by atoms with Gasteiger partial charge in [0.2, 0.25) is 10.0 Å². The van der Waals surface area contributed by atoms with Crippen molar-refractivity contribution >= 4 is 27.3 Å². The fourth-order valence-corrected chi connectivity index (χ4v) is 4.26. The summed E-state index contributed by atoms with van der Waals surface area (Å²) in [4.78, 5) is -0.470. The van der Waals surface area contributed by atoms with E-state index in [0.29, 0.717) is 32.5 Å². The van der Waals surface area contributed by atoms with Crippen molar-refractivity contribution in [2.24, 2.45) is 0 Å². The normalized spacial score (nSPS) is 18.0. The summed E-state index contributed by atoms with van der Waals surface area (Å²) in [6, 6.07) is 2.29. The molecule has 1 saturated heterocycles. The van der Waals surface area contributed by atoms with Gasteiger partial charge in [-0.25, -0.2) is 12.8 Å². The summed E-state index contributed by atoms with van der Waals surface area (Å²) < 4.78 is 45.7. The molecule has 5 nitrogen and oxygen atoms in total. The van der Waals surface area contributed by atoms with Gasteiger partial charge >= 0.3 is 0 Å². The van der Waals surface area contributed by atoms with Crippen LogP contribution >= 0.6 is 11.6 Å². The van der Waals surface area contributed by atoms with Crippen molar-refractivity contribution in [3.05, 3.63) is 23.0 Å². The lowest BCUT2D eigenvalue weighted by Gasteiger charge is -2.31. The van der Waals surface area contributed by atoms with Gasteiger partial charge < -0.3 is 10.5 Å². The molecule has 0 atom stereocenters. The van der Waals surface area contributed by atoms with Crippen LogP contribution in [0.2, 0.25) is 5.02 Å². The van der Waals surface area contributed by atoms with E-state index in [9.17, 15) is 12.8 Å². The Balaban J connectivity index is 2.24. The average Bonchev–Trinajstić information content (AvgIpc) is 2.43. The van der Waals surface area contributed by atoms with Gasteiger partial charge in [-0.1, -0.05) is 11.6 Å². The summed E-state index contributed by atoms with van der Waals surface area (Å²) in [6.45, 7) is 3.07. The Morgan fingerprint density at radius 3 is 2.62 bits per heavy atom. The van der Waals surface area contributed by atoms with Crippen molar-refractivity contribution in [2.75, 3.05) is 25.4 Å². The van der Waals surface area contributed by atoms with Crippen LogP contribution in [0, 0.1) is 5.82 Å². The van der Waals surface area contributed by atoms with E-state index < -0.39 is 20.7 Å². The summed E-state index contributed by atoms with van der Waals surface area (Å²) in [7, 11) is -3.94. The molecule has 0 unspecified atom stereocenters. The molecule has 0 bridgehead atoms. The summed E-state index contributed by atoms with van der Waals surface area (Å²) in [5.41, 5.74) is 5.68. The third-order valence-corrected chi connectivity index (χ3v) is 5.61. The monoisotopic (exact) mass is 336 g/mol. The maximum atomic E-state index is 14.0. The van der Waals surface area contributed by atoms with Crippen LogP contribution in [0.15, 0.2) is 17.0 Å². The highest BCUT2D eigenvalue weighted by atomic mass is 35.5. The van der Waals surface area contributed by atoms with Crippen molar-refractivity contribution in [1.29, 1.82) is 0 Å². The molecule has 1 aromatic rings. The molecule has 1 aliphatic rings. The van der Waals surface area contributed by atoms with Gasteiger partial charge in [-0.15, -0.1) is 0 Å². The highest BCUT2D eigenvalue weighted by molar-refractivity contribution is 7.89. The number of halogens is 2. The number of hydrogen-bond acceptors (Lipinski definition) is 4. The second-order valence-electron chi connectivity index (χ2n) is 4.87. The van der Waals surface area contributed by atoms with E-state index in [2.05, 4.69) is 0 Å². The van der Waals surface area contributed by atoms with Crippen LogP contribution in [0.25, 0.3) is 0 Å². The Kier molecular flexibility index (Phi) is 5.08. The Bertz CT molecular complexity index is 616. The number of nitrogens with zero attached hydrogens (tertiary/aromatic N) is 1. The standard InChI is InChI=1S/C13H18ClFN2O3S/c1-2-20-10-3-5-17(6-4-10)21(18,19)12-8-9(16)7-11(14)13(12)15/h7-8,10H,2-6,16H2,1H3. The molecule has 1 aliphatic heterocycles. The number of sulfonamides is 1. The molecule has 0 amide bonds. The van der Waals surface area contributed by atoms with Crippen molar-refractivity contribution in [2.45, 2.75) is 30.8 Å². The number of rotatable bonds is 4. The van der Waals surface area contributed by atoms with Crippen LogP contribution < -0.4 is 5.73 Å². The molecule has 2 N–H and O–H groups in total. The minimum Gasteiger partial charge on any atom is -0.399 e. The summed E-state index contributed by atoms with van der Waals surface area (Å²) >= 11 is 5.67. The van der Waals surface area contributed by atoms with Gasteiger partial charge in [0.15, 0.2) is 5.82 Å². The van der Waals surface area contributed by atoms with Crippen molar-refractivity contribution < 1.29 is 17.5 Å². The van der Waals surface area contributed by atoms with Crippen LogP contribution in [0.1, 0.15) is 19.8 Å². The molecule has 0 saturated carbocycles. The zero-order valence-electron chi connectivity index (χ0n) is 11.7. The first kappa shape index (κ1) is 16.5. The first-order valence-corrected chi connectivity index (χ1v) is 8.54. The van der Waals surface area contributed by atoms with Gasteiger partial charge in [-0.05, 0) is 31.9 Å². The minimum absolute atomic E-state index is 0.0516. The van der Waals surface area contributed by atoms with Crippen LogP contribution in [-0.4, -0.2) is 38.5 Å². The number of benzene rings is 1. The third-order valence-electron chi connectivity index (χ3n) is 3.44. The molecule has 0 aliphatic carbocycles. The largest absolute Gasteiger partial charge is 0.399 e. The van der Waals surface area contributed by atoms with Gasteiger partial charge in [0.25, 0.3) is 0 Å². The first-order chi connectivity index (χ1) is 9.86. The van der Waals surface area contributed by atoms with Crippen molar-refractivity contribution in [3.8, 4) is 0 Å². The Morgan fingerprint density at radius 1 is 1.43 bits per heavy atom. The Hall–Kier alpha value is -0.890. The predicted molar refractivity (Wildman–Crippen MR) is 79.2 cm³/mol. The van der Waals surface area contributed by atoms with E-state index >= 15 is 0 Å². The average molecular weight is 337 g/mol. The van der Waals surface area contributed by atoms with Gasteiger partial charge in [0, 0.05) is 25.4 Å². The molecule has 21 heavy (non-hydrogen) atoms. The molecule has 0 spiro atoms. The van der Waals surface area contributed by atoms with Crippen LogP contribution in [-0.2, 0) is 14.8 Å². The quantitative estimate of drug-likeness (QED) is 0.856. The molecular weight excluding hydrogens is 319 g/mol. The summed E-state index contributed by atoms with van der Waals surface area (Å²) in [5, 5.41) is -0.294. The molecule has 1 aromatic carbocycles. The lowest BCUT2D eigenvalue weighted by atomic mass is 10.1. The zero-order valence-corrected chi connectivity index (χ0v) is 13.3. The van der Waals surface area contributed by atoms with E-state index in [-0.39, 0.29) is 16.8 Å². The van der Waals surface area contributed by atoms with Crippen LogP contribution in [0.3, 0.4) is 0 Å². The molecular formula is C13H18ClFN2O3S. The maximum Gasteiger partial charge on any atom is 0.246 e. The number of piperidine rings is 1. The number of hydrogen-bond donors (Lipinski definition) is 1. The van der Waals surface area contributed by atoms with Gasteiger partial charge in [0.1, 0.15) is 4.90 Å². The summed E-state index contributed by atoms with van der Waals surface area (Å²) in [5.74, 6) is -0.960. The zero-order chi connectivity index (χ0) is 15.6. The molecule has 118 valence electrons. The summed E-state index contributed by atoms with van der Waals surface area (Å²) in [6.07, 6.45) is 1.23. The number of ether oxygens (including phenoxy) is 1. The first-order valence-electron chi connectivity index (χ1n) is 6.72. The fourth-order valence-electron chi connectivity index (χ4n) is 2.39. The smallest absolute Gasteiger partial charge is 0.246 e. The fraction of sp³-hybridized carbons (Fsp3) is 0.538. The lowest BCUT2D eigenvalue weighted by molar-refractivity contribution is 0.0290. The Morgan fingerprint density at radius 2 is 2.05 bits per heavy atom. The Labute approximate surface area is 128 Å².